The molecule has 4 nitrogen and oxygen atoms in total. The van der Waals surface area contributed by atoms with E-state index >= 15 is 0 Å². The van der Waals surface area contributed by atoms with Gasteiger partial charge in [-0.05, 0) is 38.6 Å². The fraction of sp³-hybridized carbons (Fsp3) is 1.00. The molecule has 4 heteroatoms. The van der Waals surface area contributed by atoms with Crippen LogP contribution >= 0.6 is 0 Å². The number of nitrogens with zero attached hydrogens (tertiary/aromatic N) is 1. The zero-order valence-electron chi connectivity index (χ0n) is 12.1. The number of hydrogen-bond donors (Lipinski definition) is 1. The van der Waals surface area contributed by atoms with Crippen molar-refractivity contribution >= 4 is 0 Å². The molecule has 2 fully saturated rings. The van der Waals surface area contributed by atoms with Crippen LogP contribution in [0.2, 0.25) is 0 Å². The Morgan fingerprint density at radius 3 is 2.83 bits per heavy atom. The maximum absolute atomic E-state index is 6.15. The summed E-state index contributed by atoms with van der Waals surface area (Å²) in [5.74, 6) is 0.496. The molecule has 2 aliphatic heterocycles. The molecule has 3 atom stereocenters. The van der Waals surface area contributed by atoms with Gasteiger partial charge in [-0.3, -0.25) is 4.90 Å². The molecule has 106 valence electrons. The van der Waals surface area contributed by atoms with E-state index in [0.29, 0.717) is 5.92 Å². The van der Waals surface area contributed by atoms with E-state index in [-0.39, 0.29) is 11.1 Å². The van der Waals surface area contributed by atoms with E-state index in [9.17, 15) is 0 Å². The van der Waals surface area contributed by atoms with Crippen LogP contribution < -0.4 is 5.73 Å². The molecular weight excluding hydrogens is 228 g/mol. The largest absolute Gasteiger partial charge is 0.381 e. The Kier molecular flexibility index (Phi) is 4.32. The number of piperidine rings is 1. The molecule has 0 aromatic carbocycles. The second-order valence-electron chi connectivity index (χ2n) is 6.21. The first-order valence-corrected chi connectivity index (χ1v) is 7.14. The first-order chi connectivity index (χ1) is 8.56. The van der Waals surface area contributed by atoms with Crippen molar-refractivity contribution in [3.8, 4) is 0 Å². The molecule has 0 amide bonds. The predicted molar refractivity (Wildman–Crippen MR) is 72.6 cm³/mol. The van der Waals surface area contributed by atoms with Gasteiger partial charge < -0.3 is 15.2 Å². The summed E-state index contributed by atoms with van der Waals surface area (Å²) in [5, 5.41) is 0. The Hall–Kier alpha value is -0.160. The highest BCUT2D eigenvalue weighted by atomic mass is 16.5. The van der Waals surface area contributed by atoms with Crippen molar-refractivity contribution < 1.29 is 9.47 Å². The molecule has 18 heavy (non-hydrogen) atoms. The van der Waals surface area contributed by atoms with E-state index in [1.165, 1.54) is 6.42 Å². The quantitative estimate of drug-likeness (QED) is 0.825. The average molecular weight is 256 g/mol. The van der Waals surface area contributed by atoms with Gasteiger partial charge in [0.25, 0.3) is 0 Å². The first kappa shape index (κ1) is 14.3. The molecule has 0 saturated carbocycles. The Morgan fingerprint density at radius 2 is 2.22 bits per heavy atom. The minimum atomic E-state index is -0.0154. The summed E-state index contributed by atoms with van der Waals surface area (Å²) in [4.78, 5) is 2.58. The zero-order valence-corrected chi connectivity index (χ0v) is 12.1. The van der Waals surface area contributed by atoms with E-state index < -0.39 is 0 Å². The molecule has 2 N–H and O–H groups in total. The van der Waals surface area contributed by atoms with Crippen molar-refractivity contribution in [1.29, 1.82) is 0 Å². The highest BCUT2D eigenvalue weighted by molar-refractivity contribution is 5.01. The molecule has 2 aliphatic rings. The smallest absolute Gasteiger partial charge is 0.0777 e. The third kappa shape index (κ3) is 2.44. The Bertz CT molecular complexity index is 287. The lowest BCUT2D eigenvalue weighted by molar-refractivity contribution is -0.122. The van der Waals surface area contributed by atoms with Crippen molar-refractivity contribution in [2.45, 2.75) is 44.2 Å². The van der Waals surface area contributed by atoms with Crippen LogP contribution in [0.15, 0.2) is 0 Å². The van der Waals surface area contributed by atoms with Gasteiger partial charge in [0.05, 0.1) is 12.2 Å². The van der Waals surface area contributed by atoms with Crippen LogP contribution in [0.3, 0.4) is 0 Å². The molecule has 0 bridgehead atoms. The third-order valence-corrected chi connectivity index (χ3v) is 5.10. The van der Waals surface area contributed by atoms with Crippen LogP contribution in [0.1, 0.15) is 33.1 Å². The van der Waals surface area contributed by atoms with Gasteiger partial charge in [-0.15, -0.1) is 0 Å². The van der Waals surface area contributed by atoms with Gasteiger partial charge in [0.1, 0.15) is 0 Å². The molecule has 2 rings (SSSR count). The summed E-state index contributed by atoms with van der Waals surface area (Å²) < 4.78 is 11.3. The second-order valence-corrected chi connectivity index (χ2v) is 6.21. The van der Waals surface area contributed by atoms with Gasteiger partial charge in [0.2, 0.25) is 0 Å². The van der Waals surface area contributed by atoms with Crippen molar-refractivity contribution in [3.05, 3.63) is 0 Å². The van der Waals surface area contributed by atoms with Crippen LogP contribution in [0.5, 0.6) is 0 Å². The summed E-state index contributed by atoms with van der Waals surface area (Å²) >= 11 is 0. The molecule has 2 saturated heterocycles. The standard InChI is InChI=1S/C14H28N2O2/c1-12-9-18-8-6-14(12,10-15)16-7-4-5-13(2,11-16)17-3/h12H,4-11,15H2,1-3H3. The average Bonchev–Trinajstić information content (AvgIpc) is 2.40. The van der Waals surface area contributed by atoms with Crippen molar-refractivity contribution in [1.82, 2.24) is 4.90 Å². The number of rotatable bonds is 3. The maximum Gasteiger partial charge on any atom is 0.0777 e. The number of nitrogens with two attached hydrogens (primary N) is 1. The first-order valence-electron chi connectivity index (χ1n) is 7.14. The molecule has 0 radical (unpaired) electrons. The molecule has 2 heterocycles. The monoisotopic (exact) mass is 256 g/mol. The third-order valence-electron chi connectivity index (χ3n) is 5.10. The van der Waals surface area contributed by atoms with Crippen molar-refractivity contribution in [2.24, 2.45) is 11.7 Å². The van der Waals surface area contributed by atoms with E-state index in [0.717, 1.165) is 45.7 Å². The maximum atomic E-state index is 6.15. The summed E-state index contributed by atoms with van der Waals surface area (Å²) in [6.07, 6.45) is 3.38. The number of hydrogen-bond acceptors (Lipinski definition) is 4. The predicted octanol–water partition coefficient (Wildman–Crippen LogP) is 1.24. The number of methoxy groups -OCH3 is 1. The molecule has 3 unspecified atom stereocenters. The topological polar surface area (TPSA) is 47.7 Å². The Morgan fingerprint density at radius 1 is 1.44 bits per heavy atom. The van der Waals surface area contributed by atoms with Crippen molar-refractivity contribution in [3.63, 3.8) is 0 Å². The minimum Gasteiger partial charge on any atom is -0.381 e. The summed E-state index contributed by atoms with van der Waals surface area (Å²) in [7, 11) is 1.83. The second kappa shape index (κ2) is 5.45. The number of likely N-dealkylation sites (tertiary alicyclic amines) is 1. The fourth-order valence-electron chi connectivity index (χ4n) is 3.57. The molecule has 0 aromatic rings. The normalized spacial score (nSPS) is 43.0. The minimum absolute atomic E-state index is 0.0154. The van der Waals surface area contributed by atoms with E-state index in [1.807, 2.05) is 7.11 Å². The van der Waals surface area contributed by atoms with Gasteiger partial charge in [0.15, 0.2) is 0 Å². The lowest BCUT2D eigenvalue weighted by Gasteiger charge is -2.54. The van der Waals surface area contributed by atoms with Crippen LogP contribution in [-0.2, 0) is 9.47 Å². The highest BCUT2D eigenvalue weighted by Crippen LogP contribution is 2.36. The highest BCUT2D eigenvalue weighted by Gasteiger charge is 2.46. The number of ether oxygens (including phenoxy) is 2. The molecule has 0 spiro atoms. The summed E-state index contributed by atoms with van der Waals surface area (Å²) in [6, 6.07) is 0. The van der Waals surface area contributed by atoms with Crippen LogP contribution in [0.25, 0.3) is 0 Å². The van der Waals surface area contributed by atoms with Gasteiger partial charge in [-0.1, -0.05) is 6.92 Å². The van der Waals surface area contributed by atoms with E-state index in [1.54, 1.807) is 0 Å². The van der Waals surface area contributed by atoms with Crippen LogP contribution in [-0.4, -0.2) is 56.0 Å². The molecule has 0 aliphatic carbocycles. The lowest BCUT2D eigenvalue weighted by atomic mass is 9.77. The Balaban J connectivity index is 2.16. The van der Waals surface area contributed by atoms with Gasteiger partial charge in [-0.25, -0.2) is 0 Å². The molecular formula is C14H28N2O2. The summed E-state index contributed by atoms with van der Waals surface area (Å²) in [6.45, 7) is 9.00. The van der Waals surface area contributed by atoms with Gasteiger partial charge >= 0.3 is 0 Å². The fourth-order valence-corrected chi connectivity index (χ4v) is 3.57. The van der Waals surface area contributed by atoms with Crippen molar-refractivity contribution in [2.75, 3.05) is 40.0 Å². The Labute approximate surface area is 111 Å². The zero-order chi connectivity index (χ0) is 13.2. The van der Waals surface area contributed by atoms with E-state index in [4.69, 9.17) is 15.2 Å². The van der Waals surface area contributed by atoms with Gasteiger partial charge in [-0.2, -0.15) is 0 Å². The lowest BCUT2D eigenvalue weighted by Crippen LogP contribution is -2.65. The molecule has 0 aromatic heterocycles. The van der Waals surface area contributed by atoms with Gasteiger partial charge in [0, 0.05) is 32.3 Å². The SMILES string of the molecule is COC1(C)CCCN(C2(CN)CCOCC2C)C1. The van der Waals surface area contributed by atoms with Crippen LogP contribution in [0.4, 0.5) is 0 Å². The van der Waals surface area contributed by atoms with E-state index in [2.05, 4.69) is 18.7 Å². The summed E-state index contributed by atoms with van der Waals surface area (Å²) in [5.41, 5.74) is 6.25. The van der Waals surface area contributed by atoms with Crippen LogP contribution in [0, 0.1) is 5.92 Å².